The summed E-state index contributed by atoms with van der Waals surface area (Å²) in [6.45, 7) is 2.45. The number of benzene rings is 2. The van der Waals surface area contributed by atoms with Gasteiger partial charge in [-0.1, -0.05) is 42.5 Å². The summed E-state index contributed by atoms with van der Waals surface area (Å²) >= 11 is 2.96. The van der Waals surface area contributed by atoms with Gasteiger partial charge in [-0.2, -0.15) is 0 Å². The fourth-order valence-corrected chi connectivity index (χ4v) is 8.11. The van der Waals surface area contributed by atoms with E-state index in [-0.39, 0.29) is 29.5 Å². The Kier molecular flexibility index (Phi) is 8.94. The molecule has 0 spiro atoms. The Hall–Kier alpha value is -3.44. The average molecular weight is 593 g/mol. The number of thioether (sulfide) groups is 1. The summed E-state index contributed by atoms with van der Waals surface area (Å²) < 4.78 is 0.905. The van der Waals surface area contributed by atoms with Gasteiger partial charge in [0.15, 0.2) is 11.0 Å². The Bertz CT molecular complexity index is 1400. The number of nitrogens with two attached hydrogens (primary N) is 1. The number of hydrogen-bond donors (Lipinski definition) is 4. The molecule has 41 heavy (non-hydrogen) atoms. The largest absolute Gasteiger partial charge is 0.370 e. The lowest BCUT2D eigenvalue weighted by atomic mass is 9.86. The fraction of sp³-hybridized carbons (Fsp3) is 0.433. The monoisotopic (exact) mass is 592 g/mol. The number of carbonyl (C=O) groups is 3. The van der Waals surface area contributed by atoms with Crippen molar-refractivity contribution in [2.24, 2.45) is 11.7 Å². The van der Waals surface area contributed by atoms with Crippen LogP contribution < -0.4 is 16.4 Å². The minimum Gasteiger partial charge on any atom is -0.370 e. The number of piperidine rings is 1. The molecular weight excluding hydrogens is 557 g/mol. The smallest absolute Gasteiger partial charge is 0.244 e. The van der Waals surface area contributed by atoms with Gasteiger partial charge in [-0.05, 0) is 63.1 Å². The van der Waals surface area contributed by atoms with E-state index < -0.39 is 17.0 Å². The molecule has 0 aliphatic carbocycles. The van der Waals surface area contributed by atoms with Crippen LogP contribution >= 0.6 is 23.1 Å². The number of fused-ring (bicyclic) bond motifs is 2. The highest BCUT2D eigenvalue weighted by atomic mass is 32.2. The summed E-state index contributed by atoms with van der Waals surface area (Å²) in [4.78, 5) is 47.1. The van der Waals surface area contributed by atoms with Crippen LogP contribution in [-0.4, -0.2) is 62.7 Å². The highest BCUT2D eigenvalue weighted by Crippen LogP contribution is 2.48. The third-order valence-corrected chi connectivity index (χ3v) is 10.5. The molecule has 0 saturated carbocycles. The van der Waals surface area contributed by atoms with Gasteiger partial charge in [0.05, 0.1) is 21.1 Å². The van der Waals surface area contributed by atoms with Crippen molar-refractivity contribution in [1.29, 1.82) is 5.41 Å². The van der Waals surface area contributed by atoms with Crippen molar-refractivity contribution in [2.45, 2.75) is 62.4 Å². The topological polar surface area (TPSA) is 141 Å². The lowest BCUT2D eigenvalue weighted by molar-refractivity contribution is -0.149. The maximum atomic E-state index is 13.8. The first-order chi connectivity index (χ1) is 19.7. The van der Waals surface area contributed by atoms with Gasteiger partial charge in [0.25, 0.3) is 0 Å². The maximum Gasteiger partial charge on any atom is 0.244 e. The van der Waals surface area contributed by atoms with Crippen LogP contribution in [0.4, 0.5) is 0 Å². The predicted octanol–water partition coefficient (Wildman–Crippen LogP) is 3.93. The number of nitrogens with zero attached hydrogens (tertiary/aromatic N) is 2. The zero-order chi connectivity index (χ0) is 29.0. The van der Waals surface area contributed by atoms with Crippen LogP contribution in [0, 0.1) is 11.3 Å². The minimum absolute atomic E-state index is 0.0274. The van der Waals surface area contributed by atoms with E-state index in [1.165, 1.54) is 16.9 Å². The van der Waals surface area contributed by atoms with Crippen molar-refractivity contribution < 1.29 is 14.4 Å². The van der Waals surface area contributed by atoms with Gasteiger partial charge in [0.2, 0.25) is 17.6 Å². The molecule has 4 atom stereocenters. The molecule has 0 bridgehead atoms. The molecule has 2 fully saturated rings. The molecule has 3 heterocycles. The van der Waals surface area contributed by atoms with Gasteiger partial charge in [-0.25, -0.2) is 4.98 Å². The second kappa shape index (κ2) is 12.6. The maximum absolute atomic E-state index is 13.8. The molecule has 2 aromatic carbocycles. The highest BCUT2D eigenvalue weighted by molar-refractivity contribution is 8.00. The van der Waals surface area contributed by atoms with E-state index in [2.05, 4.69) is 27.8 Å². The molecule has 5 rings (SSSR count). The van der Waals surface area contributed by atoms with E-state index in [1.54, 1.807) is 16.7 Å². The molecule has 216 valence electrons. The Morgan fingerprint density at radius 1 is 1.20 bits per heavy atom. The zero-order valence-electron chi connectivity index (χ0n) is 23.1. The fourth-order valence-electron chi connectivity index (χ4n) is 5.71. The summed E-state index contributed by atoms with van der Waals surface area (Å²) in [7, 11) is 0. The summed E-state index contributed by atoms with van der Waals surface area (Å²) in [5, 5.41) is 13.5. The Balaban J connectivity index is 1.30. The number of aryl methyl sites for hydroxylation is 1. The van der Waals surface area contributed by atoms with E-state index in [0.717, 1.165) is 35.9 Å². The number of hydrogen-bond acceptors (Lipinski definition) is 7. The van der Waals surface area contributed by atoms with Gasteiger partial charge in [0, 0.05) is 18.2 Å². The van der Waals surface area contributed by atoms with Crippen molar-refractivity contribution in [2.75, 3.05) is 12.3 Å². The van der Waals surface area contributed by atoms with Gasteiger partial charge in [-0.3, -0.25) is 19.8 Å². The van der Waals surface area contributed by atoms with Gasteiger partial charge in [-0.15, -0.1) is 23.1 Å². The lowest BCUT2D eigenvalue weighted by Crippen LogP contribution is -2.59. The molecule has 2 aliphatic rings. The van der Waals surface area contributed by atoms with Crippen molar-refractivity contribution in [3.8, 4) is 0 Å². The number of aromatic nitrogens is 1. The van der Waals surface area contributed by atoms with E-state index in [9.17, 15) is 14.4 Å². The first kappa shape index (κ1) is 29.1. The molecule has 2 aliphatic heterocycles. The van der Waals surface area contributed by atoms with Crippen LogP contribution in [0.2, 0.25) is 0 Å². The summed E-state index contributed by atoms with van der Waals surface area (Å²) in [6, 6.07) is 16.3. The molecule has 3 aromatic rings. The average Bonchev–Trinajstić information content (AvgIpc) is 3.56. The number of rotatable bonds is 11. The third kappa shape index (κ3) is 6.56. The van der Waals surface area contributed by atoms with Crippen LogP contribution in [0.3, 0.4) is 0 Å². The molecular formula is C30H36N6O3S2. The third-order valence-electron chi connectivity index (χ3n) is 7.97. The number of carbonyl (C=O) groups excluding carboxylic acids is 3. The lowest BCUT2D eigenvalue weighted by Gasteiger charge is -2.44. The molecule has 1 aromatic heterocycles. The molecule has 5 N–H and O–H groups in total. The number of para-hydroxylation sites is 1. The predicted molar refractivity (Wildman–Crippen MR) is 164 cm³/mol. The van der Waals surface area contributed by atoms with Crippen LogP contribution in [0.5, 0.6) is 0 Å². The van der Waals surface area contributed by atoms with E-state index >= 15 is 0 Å². The van der Waals surface area contributed by atoms with Crippen LogP contribution in [0.1, 0.15) is 54.4 Å². The van der Waals surface area contributed by atoms with Crippen molar-refractivity contribution in [3.63, 3.8) is 0 Å². The molecule has 9 nitrogen and oxygen atoms in total. The molecule has 0 radical (unpaired) electrons. The molecule has 4 unspecified atom stereocenters. The van der Waals surface area contributed by atoms with E-state index in [1.807, 2.05) is 49.4 Å². The first-order valence-electron chi connectivity index (χ1n) is 14.0. The standard InChI is InChI=1S/C30H36N6O3S2/c1-30-16-15-20(14-13-19-8-3-2-4-9-19)28(39)36(30)23(18-40-30)26(38)34-22(11-7-17-33-29(31)32)25(37)27-35-21-10-5-6-12-24(21)41-27/h2-6,8-10,12,20,22-23H,7,11,13-18H2,1H3,(H,34,38)(H4,31,32,33). The number of ketones is 1. The first-order valence-corrected chi connectivity index (χ1v) is 15.8. The second-order valence-corrected chi connectivity index (χ2v) is 13.4. The Morgan fingerprint density at radius 2 is 1.95 bits per heavy atom. The van der Waals surface area contributed by atoms with E-state index in [0.29, 0.717) is 30.1 Å². The molecule has 11 heteroatoms. The van der Waals surface area contributed by atoms with Crippen LogP contribution in [0.15, 0.2) is 54.6 Å². The van der Waals surface area contributed by atoms with E-state index in [4.69, 9.17) is 11.1 Å². The number of nitrogens with one attached hydrogen (secondary N) is 3. The van der Waals surface area contributed by atoms with Crippen molar-refractivity contribution in [3.05, 3.63) is 65.2 Å². The second-order valence-electron chi connectivity index (χ2n) is 10.9. The summed E-state index contributed by atoms with van der Waals surface area (Å²) in [6.07, 6.45) is 4.07. The van der Waals surface area contributed by atoms with Crippen molar-refractivity contribution in [1.82, 2.24) is 20.5 Å². The van der Waals surface area contributed by atoms with Crippen molar-refractivity contribution >= 4 is 56.9 Å². The number of guanidine groups is 1. The van der Waals surface area contributed by atoms with Crippen LogP contribution in [-0.2, 0) is 16.0 Å². The highest BCUT2D eigenvalue weighted by Gasteiger charge is 2.53. The SMILES string of the molecule is CC12CCC(CCc3ccccc3)C(=O)N1C(C(=O)NC(CCCNC(=N)N)C(=O)c1nc3ccccc3s1)CS2. The Morgan fingerprint density at radius 3 is 2.71 bits per heavy atom. The number of amides is 2. The normalized spacial score (nSPS) is 22.8. The van der Waals surface area contributed by atoms with Gasteiger partial charge in [0.1, 0.15) is 6.04 Å². The Labute approximate surface area is 248 Å². The summed E-state index contributed by atoms with van der Waals surface area (Å²) in [5.41, 5.74) is 7.35. The van der Waals surface area contributed by atoms with Crippen LogP contribution in [0.25, 0.3) is 10.2 Å². The van der Waals surface area contributed by atoms with Gasteiger partial charge >= 0.3 is 0 Å². The molecule has 2 amide bonds. The summed E-state index contributed by atoms with van der Waals surface area (Å²) in [5.74, 6) is -0.308. The number of Topliss-reactive ketones (excluding diaryl/α,β-unsaturated/α-hetero) is 1. The minimum atomic E-state index is -0.803. The molecule has 2 saturated heterocycles. The number of thiazole rings is 1. The van der Waals surface area contributed by atoms with Gasteiger partial charge < -0.3 is 21.3 Å². The quantitative estimate of drug-likeness (QED) is 0.114. The zero-order valence-corrected chi connectivity index (χ0v) is 24.7.